The van der Waals surface area contributed by atoms with Crippen LogP contribution in [0.25, 0.3) is 0 Å². The number of hydrogen-bond acceptors (Lipinski definition) is 6. The second kappa shape index (κ2) is 7.14. The van der Waals surface area contributed by atoms with E-state index < -0.39 is 12.2 Å². The van der Waals surface area contributed by atoms with Crippen LogP contribution in [0.15, 0.2) is 18.2 Å². The van der Waals surface area contributed by atoms with Gasteiger partial charge in [-0.1, -0.05) is 11.8 Å². The normalized spacial score (nSPS) is 13.4. The van der Waals surface area contributed by atoms with Crippen LogP contribution in [0, 0.1) is 11.3 Å². The molecule has 0 amide bonds. The van der Waals surface area contributed by atoms with Gasteiger partial charge >= 0.3 is 0 Å². The van der Waals surface area contributed by atoms with E-state index >= 15 is 0 Å². The van der Waals surface area contributed by atoms with Crippen molar-refractivity contribution in [1.82, 2.24) is 0 Å². The van der Waals surface area contributed by atoms with Crippen LogP contribution in [0.1, 0.15) is 24.2 Å². The fraction of sp³-hybridized carbons (Fsp3) is 0.385. The number of methoxy groups -OCH3 is 1. The second-order valence-corrected chi connectivity index (χ2v) is 5.08. The van der Waals surface area contributed by atoms with E-state index in [0.717, 1.165) is 11.8 Å². The molecule has 0 aromatic heterocycles. The molecule has 6 heteroatoms. The number of rotatable bonds is 5. The molecule has 2 N–H and O–H groups in total. The first-order valence-electron chi connectivity index (χ1n) is 5.57. The van der Waals surface area contributed by atoms with Crippen LogP contribution < -0.4 is 4.74 Å². The number of carbonyl (C=O) groups is 1. The molecule has 1 rings (SSSR count). The lowest BCUT2D eigenvalue weighted by atomic mass is 9.99. The molecule has 0 aliphatic heterocycles. The maximum atomic E-state index is 10.8. The van der Waals surface area contributed by atoms with E-state index in [1.807, 2.05) is 6.07 Å². The molecule has 0 heterocycles. The standard InChI is InChI=1S/C13H15NO4S/c1-8(15)19-7-12(16)13(17)11-5-10(18-2)4-3-9(11)6-14/h3-5,12-13,16-17H,7H2,1-2H3. The predicted octanol–water partition coefficient (Wildman–Crippen LogP) is 1.24. The Bertz CT molecular complexity index is 498. The Morgan fingerprint density at radius 1 is 1.53 bits per heavy atom. The third-order valence-electron chi connectivity index (χ3n) is 2.52. The highest BCUT2D eigenvalue weighted by molar-refractivity contribution is 8.13. The highest BCUT2D eigenvalue weighted by atomic mass is 32.2. The predicted molar refractivity (Wildman–Crippen MR) is 71.8 cm³/mol. The molecule has 0 aliphatic rings. The third-order valence-corrected chi connectivity index (χ3v) is 3.43. The Labute approximate surface area is 115 Å². The minimum Gasteiger partial charge on any atom is -0.497 e. The van der Waals surface area contributed by atoms with Crippen molar-refractivity contribution in [2.24, 2.45) is 0 Å². The first kappa shape index (κ1) is 15.5. The maximum absolute atomic E-state index is 10.8. The average molecular weight is 281 g/mol. The minimum absolute atomic E-state index is 0.0680. The summed E-state index contributed by atoms with van der Waals surface area (Å²) in [7, 11) is 1.47. The fourth-order valence-electron chi connectivity index (χ4n) is 1.52. The van der Waals surface area contributed by atoms with Crippen molar-refractivity contribution in [3.8, 4) is 11.8 Å². The van der Waals surface area contributed by atoms with E-state index in [0.29, 0.717) is 11.3 Å². The van der Waals surface area contributed by atoms with Gasteiger partial charge in [0.2, 0.25) is 0 Å². The molecule has 0 bridgehead atoms. The second-order valence-electron chi connectivity index (χ2n) is 3.88. The zero-order valence-corrected chi connectivity index (χ0v) is 11.5. The van der Waals surface area contributed by atoms with Crippen LogP contribution >= 0.6 is 11.8 Å². The zero-order chi connectivity index (χ0) is 14.4. The van der Waals surface area contributed by atoms with Crippen molar-refractivity contribution >= 4 is 16.9 Å². The number of aliphatic hydroxyl groups excluding tert-OH is 2. The fourth-order valence-corrected chi connectivity index (χ4v) is 2.10. The van der Waals surface area contributed by atoms with Gasteiger partial charge in [0, 0.05) is 18.2 Å². The summed E-state index contributed by atoms with van der Waals surface area (Å²) in [5.41, 5.74) is 0.554. The maximum Gasteiger partial charge on any atom is 0.185 e. The van der Waals surface area contributed by atoms with Crippen molar-refractivity contribution in [1.29, 1.82) is 5.26 Å². The van der Waals surface area contributed by atoms with E-state index in [4.69, 9.17) is 10.00 Å². The van der Waals surface area contributed by atoms with E-state index in [-0.39, 0.29) is 16.4 Å². The zero-order valence-electron chi connectivity index (χ0n) is 10.7. The number of carbonyl (C=O) groups excluding carboxylic acids is 1. The summed E-state index contributed by atoms with van der Waals surface area (Å²) >= 11 is 0.923. The Kier molecular flexibility index (Phi) is 5.83. The van der Waals surface area contributed by atoms with Gasteiger partial charge in [-0.05, 0) is 18.2 Å². The summed E-state index contributed by atoms with van der Waals surface area (Å²) in [6, 6.07) is 6.57. The number of benzene rings is 1. The van der Waals surface area contributed by atoms with Gasteiger partial charge in [-0.25, -0.2) is 0 Å². The molecule has 1 aromatic carbocycles. The Balaban J connectivity index is 2.94. The highest BCUT2D eigenvalue weighted by Crippen LogP contribution is 2.26. The van der Waals surface area contributed by atoms with Gasteiger partial charge in [-0.15, -0.1) is 0 Å². The van der Waals surface area contributed by atoms with Gasteiger partial charge in [0.1, 0.15) is 11.9 Å². The van der Waals surface area contributed by atoms with Crippen LogP contribution in [-0.4, -0.2) is 34.3 Å². The van der Waals surface area contributed by atoms with Crippen molar-refractivity contribution < 1.29 is 19.7 Å². The lowest BCUT2D eigenvalue weighted by Crippen LogP contribution is -2.22. The number of nitrogens with zero attached hydrogens (tertiary/aromatic N) is 1. The SMILES string of the molecule is COc1ccc(C#N)c(C(O)C(O)CSC(C)=O)c1. The first-order chi connectivity index (χ1) is 8.99. The highest BCUT2D eigenvalue weighted by Gasteiger charge is 2.22. The van der Waals surface area contributed by atoms with Gasteiger partial charge in [-0.3, -0.25) is 4.79 Å². The molecule has 2 atom stereocenters. The summed E-state index contributed by atoms with van der Waals surface area (Å²) in [6.45, 7) is 1.38. The van der Waals surface area contributed by atoms with Crippen LogP contribution in [0.5, 0.6) is 5.75 Å². The number of nitriles is 1. The molecule has 102 valence electrons. The van der Waals surface area contributed by atoms with E-state index in [1.54, 1.807) is 6.07 Å². The summed E-state index contributed by atoms with van der Waals surface area (Å²) < 4.78 is 5.02. The van der Waals surface area contributed by atoms with E-state index in [2.05, 4.69) is 0 Å². The Morgan fingerprint density at radius 2 is 2.21 bits per heavy atom. The van der Waals surface area contributed by atoms with E-state index in [9.17, 15) is 15.0 Å². The van der Waals surface area contributed by atoms with Gasteiger partial charge in [-0.2, -0.15) is 5.26 Å². The molecule has 0 spiro atoms. The summed E-state index contributed by atoms with van der Waals surface area (Å²) in [5.74, 6) is 0.554. The van der Waals surface area contributed by atoms with Gasteiger partial charge < -0.3 is 14.9 Å². The van der Waals surface area contributed by atoms with Crippen molar-refractivity contribution in [2.45, 2.75) is 19.1 Å². The molecule has 0 saturated carbocycles. The molecular formula is C13H15NO4S. The van der Waals surface area contributed by atoms with Gasteiger partial charge in [0.15, 0.2) is 5.12 Å². The quantitative estimate of drug-likeness (QED) is 0.844. The lowest BCUT2D eigenvalue weighted by Gasteiger charge is -2.19. The molecule has 1 aromatic rings. The Hall–Kier alpha value is -1.55. The summed E-state index contributed by atoms with van der Waals surface area (Å²) in [5, 5.41) is 28.7. The van der Waals surface area contributed by atoms with Gasteiger partial charge in [0.25, 0.3) is 0 Å². The number of thioether (sulfide) groups is 1. The Morgan fingerprint density at radius 3 is 2.74 bits per heavy atom. The average Bonchev–Trinajstić information content (AvgIpc) is 2.42. The number of hydrogen-bond donors (Lipinski definition) is 2. The van der Waals surface area contributed by atoms with Crippen LogP contribution in [0.4, 0.5) is 0 Å². The summed E-state index contributed by atoms with van der Waals surface area (Å²) in [4.78, 5) is 10.8. The van der Waals surface area contributed by atoms with Crippen LogP contribution in [0.2, 0.25) is 0 Å². The molecule has 0 aliphatic carbocycles. The van der Waals surface area contributed by atoms with Crippen LogP contribution in [0.3, 0.4) is 0 Å². The molecule has 2 unspecified atom stereocenters. The topological polar surface area (TPSA) is 90.6 Å². The van der Waals surface area contributed by atoms with Crippen molar-refractivity contribution in [3.05, 3.63) is 29.3 Å². The molecule has 0 saturated heterocycles. The first-order valence-corrected chi connectivity index (χ1v) is 6.55. The molecule has 5 nitrogen and oxygen atoms in total. The monoisotopic (exact) mass is 281 g/mol. The molecule has 0 fully saturated rings. The minimum atomic E-state index is -1.24. The number of aliphatic hydroxyl groups is 2. The number of ether oxygens (including phenoxy) is 1. The lowest BCUT2D eigenvalue weighted by molar-refractivity contribution is -0.109. The smallest absolute Gasteiger partial charge is 0.185 e. The molecule has 19 heavy (non-hydrogen) atoms. The van der Waals surface area contributed by atoms with E-state index in [1.165, 1.54) is 26.2 Å². The largest absolute Gasteiger partial charge is 0.497 e. The van der Waals surface area contributed by atoms with Crippen molar-refractivity contribution in [2.75, 3.05) is 12.9 Å². The molecular weight excluding hydrogens is 266 g/mol. The summed E-state index contributed by atoms with van der Waals surface area (Å²) in [6.07, 6.45) is -2.37. The van der Waals surface area contributed by atoms with Crippen molar-refractivity contribution in [3.63, 3.8) is 0 Å². The third kappa shape index (κ3) is 4.24. The van der Waals surface area contributed by atoms with Gasteiger partial charge in [0.05, 0.1) is 24.8 Å². The van der Waals surface area contributed by atoms with Crippen LogP contribution in [-0.2, 0) is 4.79 Å². The molecule has 0 radical (unpaired) electrons.